The van der Waals surface area contributed by atoms with Crippen molar-refractivity contribution in [2.45, 2.75) is 81.0 Å². The Bertz CT molecular complexity index is 1640. The van der Waals surface area contributed by atoms with E-state index in [1.807, 2.05) is 23.1 Å². The lowest BCUT2D eigenvalue weighted by Crippen LogP contribution is -2.59. The lowest BCUT2D eigenvalue weighted by Gasteiger charge is -2.47. The summed E-state index contributed by atoms with van der Waals surface area (Å²) in [7, 11) is 0. The molecule has 1 amide bonds. The van der Waals surface area contributed by atoms with E-state index in [-0.39, 0.29) is 31.1 Å². The highest BCUT2D eigenvalue weighted by Crippen LogP contribution is 2.62. The van der Waals surface area contributed by atoms with Crippen molar-refractivity contribution >= 4 is 23.3 Å². The molecule has 4 atom stereocenters. The molecule has 1 unspecified atom stereocenters. The van der Waals surface area contributed by atoms with Gasteiger partial charge >= 0.3 is 6.01 Å². The number of alkyl halides is 1. The summed E-state index contributed by atoms with van der Waals surface area (Å²) in [6.07, 6.45) is 5.93. The first-order valence-corrected chi connectivity index (χ1v) is 16.5. The molecule has 2 aromatic rings. The van der Waals surface area contributed by atoms with Crippen LogP contribution in [0.4, 0.5) is 14.6 Å². The lowest BCUT2D eigenvalue weighted by molar-refractivity contribution is -0.131. The summed E-state index contributed by atoms with van der Waals surface area (Å²) in [6, 6.07) is 7.51. The molecule has 11 heteroatoms. The van der Waals surface area contributed by atoms with Crippen molar-refractivity contribution in [3.63, 3.8) is 0 Å². The topological polar surface area (TPSA) is 85.6 Å². The van der Waals surface area contributed by atoms with E-state index < -0.39 is 29.4 Å². The van der Waals surface area contributed by atoms with Gasteiger partial charge in [0.1, 0.15) is 12.4 Å². The molecule has 3 saturated heterocycles. The van der Waals surface area contributed by atoms with Crippen LogP contribution in [0, 0.1) is 16.7 Å². The van der Waals surface area contributed by atoms with E-state index in [9.17, 15) is 14.4 Å². The fourth-order valence-electron chi connectivity index (χ4n) is 9.13. The zero-order valence-corrected chi connectivity index (χ0v) is 26.1. The molecule has 3 aliphatic carbocycles. The lowest BCUT2D eigenvalue weighted by atomic mass is 9.68. The summed E-state index contributed by atoms with van der Waals surface area (Å²) in [6.45, 7) is 6.64. The van der Waals surface area contributed by atoms with Crippen molar-refractivity contribution in [3.05, 3.63) is 58.0 Å². The molecule has 236 valence electrons. The molecular weight excluding hydrogens is 598 g/mol. The van der Waals surface area contributed by atoms with Gasteiger partial charge in [0.15, 0.2) is 12.0 Å². The third kappa shape index (κ3) is 4.48. The molecule has 0 radical (unpaired) electrons. The van der Waals surface area contributed by atoms with E-state index in [4.69, 9.17) is 26.3 Å². The van der Waals surface area contributed by atoms with Crippen LogP contribution in [0.2, 0.25) is 5.02 Å². The normalized spacial score (nSPS) is 30.8. The third-order valence-electron chi connectivity index (χ3n) is 11.8. The van der Waals surface area contributed by atoms with Gasteiger partial charge in [-0.25, -0.2) is 8.78 Å². The number of anilines is 1. The number of ether oxygens (including phenoxy) is 1. The number of amides is 1. The van der Waals surface area contributed by atoms with Gasteiger partial charge in [-0.3, -0.25) is 9.69 Å². The van der Waals surface area contributed by atoms with Crippen molar-refractivity contribution in [1.82, 2.24) is 19.8 Å². The number of rotatable bonds is 6. The molecule has 4 fully saturated rings. The van der Waals surface area contributed by atoms with Crippen LogP contribution >= 0.6 is 11.6 Å². The number of carbonyl (C=O) groups is 1. The number of halogens is 3. The molecule has 1 aromatic heterocycles. The average molecular weight is 635 g/mol. The van der Waals surface area contributed by atoms with E-state index in [2.05, 4.69) is 17.5 Å². The number of aromatic nitrogens is 2. The molecule has 0 bridgehead atoms. The van der Waals surface area contributed by atoms with Crippen LogP contribution in [-0.4, -0.2) is 76.6 Å². The monoisotopic (exact) mass is 634 g/mol. The Morgan fingerprint density at radius 1 is 1.13 bits per heavy atom. The second-order valence-corrected chi connectivity index (χ2v) is 14.6. The predicted octanol–water partition coefficient (Wildman–Crippen LogP) is 5.39. The Labute approximate surface area is 267 Å². The van der Waals surface area contributed by atoms with Crippen molar-refractivity contribution < 1.29 is 18.3 Å². The average Bonchev–Trinajstić information content (AvgIpc) is 3.63. The van der Waals surface area contributed by atoms with E-state index in [1.54, 1.807) is 0 Å². The van der Waals surface area contributed by atoms with E-state index in [0.717, 1.165) is 49.0 Å². The maximum Gasteiger partial charge on any atom is 0.318 e. The highest BCUT2D eigenvalue weighted by Gasteiger charge is 2.62. The molecule has 2 spiro atoms. The van der Waals surface area contributed by atoms with E-state index in [1.165, 1.54) is 17.7 Å². The summed E-state index contributed by atoms with van der Waals surface area (Å²) in [5.74, 6) is -1.27. The number of benzene rings is 1. The highest BCUT2D eigenvalue weighted by molar-refractivity contribution is 6.31. The highest BCUT2D eigenvalue weighted by atomic mass is 35.5. The van der Waals surface area contributed by atoms with Crippen LogP contribution in [0.3, 0.4) is 0 Å². The molecule has 0 N–H and O–H groups in total. The predicted molar refractivity (Wildman–Crippen MR) is 165 cm³/mol. The van der Waals surface area contributed by atoms with E-state index in [0.29, 0.717) is 54.4 Å². The first-order valence-electron chi connectivity index (χ1n) is 16.2. The minimum atomic E-state index is -1.38. The molecule has 6 aliphatic rings. The minimum absolute atomic E-state index is 0.00789. The van der Waals surface area contributed by atoms with Gasteiger partial charge in [0.2, 0.25) is 0 Å². The molecule has 4 heterocycles. The Hall–Kier alpha value is -3.29. The largest absolute Gasteiger partial charge is 0.461 e. The molecular formula is C34H37ClF2N6O2. The van der Waals surface area contributed by atoms with Gasteiger partial charge in [0, 0.05) is 48.7 Å². The number of hydrogen-bond donors (Lipinski definition) is 0. The Balaban J connectivity index is 1.15. The van der Waals surface area contributed by atoms with Gasteiger partial charge < -0.3 is 14.5 Å². The fourth-order valence-corrected chi connectivity index (χ4v) is 9.40. The smallest absolute Gasteiger partial charge is 0.318 e. The molecule has 3 aliphatic heterocycles. The van der Waals surface area contributed by atoms with Gasteiger partial charge in [-0.15, -0.1) is 0 Å². The van der Waals surface area contributed by atoms with Crippen LogP contribution in [0.25, 0.3) is 0 Å². The number of carbonyl (C=O) groups excluding carboxylic acids is 1. The molecule has 8 rings (SSSR count). The van der Waals surface area contributed by atoms with Gasteiger partial charge in [-0.1, -0.05) is 30.3 Å². The maximum absolute atomic E-state index is 17.2. The third-order valence-corrected chi connectivity index (χ3v) is 12.2. The minimum Gasteiger partial charge on any atom is -0.461 e. The van der Waals surface area contributed by atoms with Crippen LogP contribution in [0.15, 0.2) is 30.6 Å². The van der Waals surface area contributed by atoms with Crippen LogP contribution in [-0.2, 0) is 23.1 Å². The first kappa shape index (κ1) is 29.1. The van der Waals surface area contributed by atoms with Crippen molar-refractivity contribution in [3.8, 4) is 12.1 Å². The van der Waals surface area contributed by atoms with E-state index >= 15 is 4.39 Å². The Morgan fingerprint density at radius 2 is 1.93 bits per heavy atom. The van der Waals surface area contributed by atoms with Gasteiger partial charge in [0.05, 0.1) is 29.8 Å². The van der Waals surface area contributed by atoms with Crippen molar-refractivity contribution in [1.29, 1.82) is 5.26 Å². The summed E-state index contributed by atoms with van der Waals surface area (Å²) < 4.78 is 37.5. The summed E-state index contributed by atoms with van der Waals surface area (Å²) in [5, 5.41) is 10.2. The molecule has 1 saturated carbocycles. The van der Waals surface area contributed by atoms with Crippen LogP contribution < -0.4 is 9.64 Å². The summed E-state index contributed by atoms with van der Waals surface area (Å²) in [4.78, 5) is 28.2. The molecule has 45 heavy (non-hydrogen) atoms. The first-order chi connectivity index (χ1) is 21.7. The second kappa shape index (κ2) is 10.4. The number of piperazine rings is 1. The van der Waals surface area contributed by atoms with Gasteiger partial charge in [0.25, 0.3) is 5.91 Å². The van der Waals surface area contributed by atoms with Gasteiger partial charge in [-0.05, 0) is 74.0 Å². The maximum atomic E-state index is 17.2. The number of nitriles is 1. The summed E-state index contributed by atoms with van der Waals surface area (Å²) >= 11 is 6.56. The SMILES string of the molecule is C=C(F)C(=O)N1CCN(c2nc(OCC34CCN3CC3(CC3)C4)nc3c2CC[C@@]2(CCc4c(Cl)cccc42)[C@H]3F)C[C@@H]1CC#N. The van der Waals surface area contributed by atoms with Gasteiger partial charge in [-0.2, -0.15) is 15.2 Å². The van der Waals surface area contributed by atoms with Crippen LogP contribution in [0.1, 0.15) is 73.5 Å². The number of nitrogens with zero attached hydrogens (tertiary/aromatic N) is 6. The Kier molecular flexibility index (Phi) is 6.71. The number of fused-ring (bicyclic) bond motifs is 4. The zero-order chi connectivity index (χ0) is 31.1. The van der Waals surface area contributed by atoms with Crippen molar-refractivity contribution in [2.75, 3.05) is 44.2 Å². The fraction of sp³-hybridized carbons (Fsp3) is 0.588. The Morgan fingerprint density at radius 3 is 2.64 bits per heavy atom. The summed E-state index contributed by atoms with van der Waals surface area (Å²) in [5.41, 5.74) is 2.79. The number of hydrogen-bond acceptors (Lipinski definition) is 7. The van der Waals surface area contributed by atoms with Crippen LogP contribution in [0.5, 0.6) is 6.01 Å². The van der Waals surface area contributed by atoms with Crippen molar-refractivity contribution in [2.24, 2.45) is 5.41 Å². The molecule has 8 nitrogen and oxygen atoms in total. The quantitative estimate of drug-likeness (QED) is 0.394. The standard InChI is InChI=1S/C34H37ClF2N6O2/c1-21(36)30(44)43-16-15-41(17-22(43)7-13-38)29-24-6-9-34(8-5-23-25(34)3-2-4-26(23)35)28(37)27(24)39-31(40-29)45-20-33-12-14-42(33)19-32(18-33)10-11-32/h2-4,22,28H,1,5-12,14-20H2/t22-,28-,33?,34+/m0/s1. The molecule has 1 aromatic carbocycles. The zero-order valence-electron chi connectivity index (χ0n) is 25.3. The second-order valence-electron chi connectivity index (χ2n) is 14.2.